The van der Waals surface area contributed by atoms with E-state index in [9.17, 15) is 8.76 Å². The van der Waals surface area contributed by atoms with Gasteiger partial charge in [-0.1, -0.05) is 29.8 Å². The summed E-state index contributed by atoms with van der Waals surface area (Å²) in [5.74, 6) is 0. The molecule has 2 aromatic rings. The van der Waals surface area contributed by atoms with Crippen molar-refractivity contribution in [1.82, 2.24) is 0 Å². The van der Waals surface area contributed by atoms with Crippen LogP contribution in [-0.2, 0) is 11.1 Å². The highest BCUT2D eigenvalue weighted by Crippen LogP contribution is 2.24. The van der Waals surface area contributed by atoms with Crippen LogP contribution in [0, 0.1) is 0 Å². The fourth-order valence-corrected chi connectivity index (χ4v) is 1.97. The minimum atomic E-state index is -2.18. The molecule has 0 bridgehead atoms. The van der Waals surface area contributed by atoms with Crippen LogP contribution in [0.15, 0.2) is 41.3 Å². The van der Waals surface area contributed by atoms with Gasteiger partial charge in [-0.05, 0) is 34.7 Å². The van der Waals surface area contributed by atoms with Gasteiger partial charge in [0.15, 0.2) is 0 Å². The first-order chi connectivity index (χ1) is 6.68. The fourth-order valence-electron chi connectivity index (χ4n) is 1.33. The van der Waals surface area contributed by atoms with Gasteiger partial charge in [-0.3, -0.25) is 4.21 Å². The topological polar surface area (TPSA) is 40.1 Å². The minimum absolute atomic E-state index is 0.278. The molecule has 1 unspecified atom stereocenters. The molecule has 4 heteroatoms. The molecule has 0 aromatic heterocycles. The zero-order chi connectivity index (χ0) is 10.1. The van der Waals surface area contributed by atoms with Crippen LogP contribution < -0.4 is 0 Å². The van der Waals surface area contributed by atoms with Gasteiger partial charge in [0.2, 0.25) is 0 Å². The van der Waals surface area contributed by atoms with Crippen LogP contribution in [0.1, 0.15) is 0 Å². The van der Waals surface area contributed by atoms with E-state index in [1.807, 2.05) is 6.07 Å². The van der Waals surface area contributed by atoms with Crippen molar-refractivity contribution in [3.63, 3.8) is 0 Å². The number of fused-ring (bicyclic) bond motifs is 1. The van der Waals surface area contributed by atoms with E-state index in [0.29, 0.717) is 5.02 Å². The van der Waals surface area contributed by atoms with Gasteiger partial charge in [0.05, 0.1) is 0 Å². The van der Waals surface area contributed by atoms with Crippen molar-refractivity contribution >= 4 is 33.5 Å². The number of hydrogen-bond acceptors (Lipinski definition) is 2. The molecule has 0 aliphatic heterocycles. The van der Waals surface area contributed by atoms with Crippen LogP contribution >= 0.6 is 11.6 Å². The number of benzene rings is 2. The van der Waals surface area contributed by atoms with E-state index in [0.717, 1.165) is 10.8 Å². The molecule has 0 spiro atoms. The molecule has 0 heterocycles. The average molecular weight is 226 g/mol. The SMILES string of the molecule is O=S([O-])c1ccc2c(Cl)cccc2c1. The lowest BCUT2D eigenvalue weighted by molar-refractivity contribution is 0.537. The van der Waals surface area contributed by atoms with Crippen molar-refractivity contribution in [3.05, 3.63) is 41.4 Å². The summed E-state index contributed by atoms with van der Waals surface area (Å²) in [5.41, 5.74) is 0. The van der Waals surface area contributed by atoms with Crippen molar-refractivity contribution in [1.29, 1.82) is 0 Å². The molecule has 0 amide bonds. The first kappa shape index (κ1) is 9.65. The molecule has 72 valence electrons. The summed E-state index contributed by atoms with van der Waals surface area (Å²) in [7, 11) is 0. The lowest BCUT2D eigenvalue weighted by Gasteiger charge is -2.06. The highest BCUT2D eigenvalue weighted by atomic mass is 35.5. The summed E-state index contributed by atoms with van der Waals surface area (Å²) in [5, 5.41) is 2.33. The quantitative estimate of drug-likeness (QED) is 0.701. The molecule has 0 aliphatic carbocycles. The second kappa shape index (κ2) is 3.69. The van der Waals surface area contributed by atoms with E-state index in [4.69, 9.17) is 11.6 Å². The average Bonchev–Trinajstić information content (AvgIpc) is 2.17. The van der Waals surface area contributed by atoms with E-state index in [1.165, 1.54) is 6.07 Å². The van der Waals surface area contributed by atoms with Gasteiger partial charge in [-0.15, -0.1) is 0 Å². The molecule has 0 fully saturated rings. The third-order valence-corrected chi connectivity index (χ3v) is 2.96. The Bertz CT molecular complexity index is 510. The zero-order valence-corrected chi connectivity index (χ0v) is 8.64. The molecular weight excluding hydrogens is 220 g/mol. The summed E-state index contributed by atoms with van der Waals surface area (Å²) >= 11 is 3.75. The maximum atomic E-state index is 10.7. The molecular formula is C10H6ClO2S-. The fraction of sp³-hybridized carbons (Fsp3) is 0. The monoisotopic (exact) mass is 225 g/mol. The number of hydrogen-bond donors (Lipinski definition) is 0. The molecule has 0 saturated heterocycles. The second-order valence-electron chi connectivity index (χ2n) is 2.86. The Morgan fingerprint density at radius 1 is 1.21 bits per heavy atom. The maximum absolute atomic E-state index is 10.7. The Labute approximate surface area is 88.8 Å². The molecule has 14 heavy (non-hydrogen) atoms. The van der Waals surface area contributed by atoms with E-state index in [2.05, 4.69) is 0 Å². The summed E-state index contributed by atoms with van der Waals surface area (Å²) in [6.07, 6.45) is 0. The Hall–Kier alpha value is -0.900. The standard InChI is InChI=1S/C10H7ClO2S/c11-10-3-1-2-7-6-8(14(12)13)4-5-9(7)10/h1-6H,(H,12,13)/p-1. The highest BCUT2D eigenvalue weighted by Gasteiger charge is 1.99. The van der Waals surface area contributed by atoms with Gasteiger partial charge >= 0.3 is 0 Å². The van der Waals surface area contributed by atoms with Gasteiger partial charge in [-0.2, -0.15) is 0 Å². The predicted molar refractivity (Wildman–Crippen MR) is 56.1 cm³/mol. The molecule has 2 aromatic carbocycles. The van der Waals surface area contributed by atoms with Crippen molar-refractivity contribution < 1.29 is 8.76 Å². The van der Waals surface area contributed by atoms with E-state index in [1.54, 1.807) is 24.3 Å². The summed E-state index contributed by atoms with van der Waals surface area (Å²) < 4.78 is 21.4. The van der Waals surface area contributed by atoms with Crippen LogP contribution in [0.5, 0.6) is 0 Å². The van der Waals surface area contributed by atoms with Crippen LogP contribution in [0.4, 0.5) is 0 Å². The second-order valence-corrected chi connectivity index (χ2v) is 4.21. The van der Waals surface area contributed by atoms with Gasteiger partial charge in [0.1, 0.15) is 0 Å². The smallest absolute Gasteiger partial charge is 0.0484 e. The largest absolute Gasteiger partial charge is 0.768 e. The summed E-state index contributed by atoms with van der Waals surface area (Å²) in [6.45, 7) is 0. The van der Waals surface area contributed by atoms with Crippen LogP contribution in [0.3, 0.4) is 0 Å². The lowest BCUT2D eigenvalue weighted by Crippen LogP contribution is -1.88. The van der Waals surface area contributed by atoms with Crippen LogP contribution in [0.25, 0.3) is 10.8 Å². The Kier molecular flexibility index (Phi) is 2.54. The van der Waals surface area contributed by atoms with Crippen LogP contribution in [-0.4, -0.2) is 8.76 Å². The van der Waals surface area contributed by atoms with Crippen molar-refractivity contribution in [2.75, 3.05) is 0 Å². The van der Waals surface area contributed by atoms with Gasteiger partial charge < -0.3 is 4.55 Å². The van der Waals surface area contributed by atoms with Gasteiger partial charge in [-0.25, -0.2) is 0 Å². The van der Waals surface area contributed by atoms with E-state index < -0.39 is 11.1 Å². The first-order valence-electron chi connectivity index (χ1n) is 3.96. The van der Waals surface area contributed by atoms with Crippen molar-refractivity contribution in [2.24, 2.45) is 0 Å². The Morgan fingerprint density at radius 3 is 2.71 bits per heavy atom. The van der Waals surface area contributed by atoms with Crippen molar-refractivity contribution in [3.8, 4) is 0 Å². The molecule has 0 N–H and O–H groups in total. The molecule has 0 saturated carbocycles. The van der Waals surface area contributed by atoms with E-state index in [-0.39, 0.29) is 4.90 Å². The number of halogens is 1. The van der Waals surface area contributed by atoms with Crippen molar-refractivity contribution in [2.45, 2.75) is 4.90 Å². The van der Waals surface area contributed by atoms with Gasteiger partial charge in [0, 0.05) is 15.3 Å². The molecule has 2 rings (SSSR count). The lowest BCUT2D eigenvalue weighted by atomic mass is 10.1. The maximum Gasteiger partial charge on any atom is 0.0484 e. The normalized spacial score (nSPS) is 13.0. The number of rotatable bonds is 1. The third kappa shape index (κ3) is 1.66. The molecule has 1 atom stereocenters. The molecule has 2 nitrogen and oxygen atoms in total. The van der Waals surface area contributed by atoms with Gasteiger partial charge in [0.25, 0.3) is 0 Å². The molecule has 0 aliphatic rings. The summed E-state index contributed by atoms with van der Waals surface area (Å²) in [6, 6.07) is 10.3. The third-order valence-electron chi connectivity index (χ3n) is 1.99. The zero-order valence-electron chi connectivity index (χ0n) is 7.07. The molecule has 0 radical (unpaired) electrons. The predicted octanol–water partition coefficient (Wildman–Crippen LogP) is 2.73. The highest BCUT2D eigenvalue weighted by molar-refractivity contribution is 7.79. The van der Waals surface area contributed by atoms with Crippen LogP contribution in [0.2, 0.25) is 5.02 Å². The Balaban J connectivity index is 2.73. The van der Waals surface area contributed by atoms with E-state index >= 15 is 0 Å². The minimum Gasteiger partial charge on any atom is -0.768 e. The summed E-state index contributed by atoms with van der Waals surface area (Å²) in [4.78, 5) is 0.278. The Morgan fingerprint density at radius 2 is 2.00 bits per heavy atom. The first-order valence-corrected chi connectivity index (χ1v) is 5.41.